The second-order valence-electron chi connectivity index (χ2n) is 4.41. The number of aromatic nitrogens is 1. The zero-order valence-electron chi connectivity index (χ0n) is 10.9. The van der Waals surface area contributed by atoms with Crippen molar-refractivity contribution < 1.29 is 14.3 Å². The molecule has 2 aromatic rings. The van der Waals surface area contributed by atoms with E-state index < -0.39 is 23.5 Å². The van der Waals surface area contributed by atoms with E-state index in [4.69, 9.17) is 32.1 Å². The highest BCUT2D eigenvalue weighted by molar-refractivity contribution is 6.35. The van der Waals surface area contributed by atoms with Gasteiger partial charge >= 0.3 is 11.7 Å². The van der Waals surface area contributed by atoms with E-state index in [1.54, 1.807) is 6.07 Å². The highest BCUT2D eigenvalue weighted by Crippen LogP contribution is 2.30. The smallest absolute Gasteiger partial charge is 0.419 e. The predicted octanol–water partition coefficient (Wildman–Crippen LogP) is 2.35. The Morgan fingerprint density at radius 3 is 2.81 bits per heavy atom. The van der Waals surface area contributed by atoms with Crippen molar-refractivity contribution in [2.24, 2.45) is 12.2 Å². The molecule has 0 bridgehead atoms. The number of hydrogen-bond donors (Lipinski definition) is 3. The lowest BCUT2D eigenvalue weighted by atomic mass is 10.0. The van der Waals surface area contributed by atoms with Crippen LogP contribution >= 0.6 is 11.6 Å². The highest BCUT2D eigenvalue weighted by atomic mass is 35.5. The van der Waals surface area contributed by atoms with Gasteiger partial charge in [0, 0.05) is 13.5 Å². The van der Waals surface area contributed by atoms with E-state index in [0.717, 1.165) is 0 Å². The lowest BCUT2D eigenvalue weighted by Gasteiger charge is -2.11. The molecular weight excluding hydrogens is 300 g/mol. The first kappa shape index (κ1) is 14.9. The average molecular weight is 311 g/mol. The summed E-state index contributed by atoms with van der Waals surface area (Å²) in [4.78, 5) is 22.2. The fraction of sp³-hybridized carbons (Fsp3) is 0.250. The molecule has 21 heavy (non-hydrogen) atoms. The molecule has 9 heteroatoms. The third-order valence-electron chi connectivity index (χ3n) is 3.07. The van der Waals surface area contributed by atoms with Gasteiger partial charge in [-0.05, 0) is 17.7 Å². The Labute approximate surface area is 123 Å². The molecule has 110 valence electrons. The molecule has 8 nitrogen and oxygen atoms in total. The number of carbonyl (C=O) groups is 1. The van der Waals surface area contributed by atoms with Crippen molar-refractivity contribution in [3.8, 4) is 0 Å². The third-order valence-corrected chi connectivity index (χ3v) is 3.35. The number of benzene rings is 1. The van der Waals surface area contributed by atoms with Crippen LogP contribution in [-0.2, 0) is 11.8 Å². The fourth-order valence-corrected chi connectivity index (χ4v) is 2.18. The van der Waals surface area contributed by atoms with E-state index in [1.807, 2.05) is 0 Å². The lowest BCUT2D eigenvalue weighted by Crippen LogP contribution is -2.14. The van der Waals surface area contributed by atoms with Crippen LogP contribution in [-0.4, -0.2) is 21.4 Å². The molecule has 0 saturated carbocycles. The first-order chi connectivity index (χ1) is 9.85. The Kier molecular flexibility index (Phi) is 3.90. The summed E-state index contributed by atoms with van der Waals surface area (Å²) in [5.74, 6) is -1.95. The summed E-state index contributed by atoms with van der Waals surface area (Å²) in [5.41, 5.74) is 7.67. The van der Waals surface area contributed by atoms with Gasteiger partial charge in [-0.15, -0.1) is 0 Å². The van der Waals surface area contributed by atoms with Crippen LogP contribution in [0.4, 0.5) is 0 Å². The van der Waals surface area contributed by atoms with Crippen LogP contribution in [0.3, 0.4) is 0 Å². The molecule has 2 rings (SSSR count). The number of carboxylic acids is 1. The Bertz CT molecular complexity index is 807. The quantitative estimate of drug-likeness (QED) is 0.577. The van der Waals surface area contributed by atoms with Crippen LogP contribution < -0.4 is 5.76 Å². The predicted molar refractivity (Wildman–Crippen MR) is 74.3 cm³/mol. The Hall–Kier alpha value is -2.48. The molecule has 1 heterocycles. The van der Waals surface area contributed by atoms with E-state index >= 15 is 0 Å². The van der Waals surface area contributed by atoms with Crippen molar-refractivity contribution in [3.63, 3.8) is 0 Å². The zero-order valence-corrected chi connectivity index (χ0v) is 11.6. The first-order valence-electron chi connectivity index (χ1n) is 5.81. The van der Waals surface area contributed by atoms with Crippen LogP contribution in [0.25, 0.3) is 11.1 Å². The van der Waals surface area contributed by atoms with Gasteiger partial charge < -0.3 is 9.52 Å². The molecule has 0 aliphatic heterocycles. The number of carboxylic acid groups (broad SMARTS) is 1. The van der Waals surface area contributed by atoms with E-state index in [9.17, 15) is 9.59 Å². The molecule has 0 radical (unpaired) electrons. The minimum Gasteiger partial charge on any atom is -0.477 e. The van der Waals surface area contributed by atoms with Gasteiger partial charge in [-0.3, -0.25) is 9.98 Å². The Balaban J connectivity index is 2.52. The maximum Gasteiger partial charge on any atom is 0.419 e. The Morgan fingerprint density at radius 1 is 1.57 bits per heavy atom. The molecule has 0 spiro atoms. The molecule has 0 aliphatic rings. The largest absolute Gasteiger partial charge is 0.477 e. The normalized spacial score (nSPS) is 12.3. The maximum atomic E-state index is 11.5. The van der Waals surface area contributed by atoms with E-state index in [1.165, 1.54) is 17.7 Å². The molecule has 1 aromatic carbocycles. The van der Waals surface area contributed by atoms with E-state index in [2.05, 4.69) is 5.11 Å². The number of aryl methyl sites for hydroxylation is 1. The van der Waals surface area contributed by atoms with Crippen molar-refractivity contribution in [3.05, 3.63) is 33.3 Å². The SMILES string of the molecule is Cn1c(=O)oc2c(Cl)cc(C(CC(=N)C(=O)O)N=N)cc21. The van der Waals surface area contributed by atoms with Gasteiger partial charge in [0.05, 0.1) is 10.5 Å². The molecule has 0 fully saturated rings. The highest BCUT2D eigenvalue weighted by Gasteiger charge is 2.20. The van der Waals surface area contributed by atoms with Crippen molar-refractivity contribution in [2.75, 3.05) is 0 Å². The summed E-state index contributed by atoms with van der Waals surface area (Å²) >= 11 is 6.03. The Morgan fingerprint density at radius 2 is 2.24 bits per heavy atom. The van der Waals surface area contributed by atoms with Gasteiger partial charge in [0.15, 0.2) is 5.58 Å². The summed E-state index contributed by atoms with van der Waals surface area (Å²) in [7, 11) is 1.50. The number of nitrogens with zero attached hydrogens (tertiary/aromatic N) is 2. The monoisotopic (exact) mass is 310 g/mol. The molecule has 0 saturated heterocycles. The summed E-state index contributed by atoms with van der Waals surface area (Å²) in [6.07, 6.45) is -0.244. The summed E-state index contributed by atoms with van der Waals surface area (Å²) in [5, 5.41) is 19.6. The van der Waals surface area contributed by atoms with Crippen molar-refractivity contribution in [1.82, 2.24) is 4.57 Å². The average Bonchev–Trinajstić information content (AvgIpc) is 2.72. The summed E-state index contributed by atoms with van der Waals surface area (Å²) < 4.78 is 6.22. The van der Waals surface area contributed by atoms with Crippen LogP contribution in [0, 0.1) is 10.9 Å². The number of aliphatic carboxylic acids is 1. The van der Waals surface area contributed by atoms with E-state index in [0.29, 0.717) is 11.1 Å². The fourth-order valence-electron chi connectivity index (χ4n) is 1.91. The molecule has 1 aromatic heterocycles. The molecule has 1 unspecified atom stereocenters. The number of nitrogens with one attached hydrogen (secondary N) is 2. The van der Waals surface area contributed by atoms with E-state index in [-0.39, 0.29) is 17.0 Å². The molecule has 1 atom stereocenters. The van der Waals surface area contributed by atoms with Gasteiger partial charge in [0.2, 0.25) is 0 Å². The second-order valence-corrected chi connectivity index (χ2v) is 4.82. The lowest BCUT2D eigenvalue weighted by molar-refractivity contribution is -0.129. The molecular formula is C12H11ClN4O4. The minimum absolute atomic E-state index is 0.163. The second kappa shape index (κ2) is 5.49. The number of oxazole rings is 1. The third kappa shape index (κ3) is 2.70. The number of rotatable bonds is 5. The van der Waals surface area contributed by atoms with Crippen LogP contribution in [0.5, 0.6) is 0 Å². The van der Waals surface area contributed by atoms with Crippen molar-refractivity contribution in [2.45, 2.75) is 12.5 Å². The van der Waals surface area contributed by atoms with Gasteiger partial charge in [-0.25, -0.2) is 15.1 Å². The van der Waals surface area contributed by atoms with Gasteiger partial charge in [0.1, 0.15) is 11.8 Å². The van der Waals surface area contributed by atoms with Gasteiger partial charge in [0.25, 0.3) is 0 Å². The molecule has 0 amide bonds. The summed E-state index contributed by atoms with van der Waals surface area (Å²) in [6.45, 7) is 0. The maximum absolute atomic E-state index is 11.5. The van der Waals surface area contributed by atoms with Gasteiger partial charge in [-0.2, -0.15) is 5.11 Å². The van der Waals surface area contributed by atoms with Crippen LogP contribution in [0.2, 0.25) is 5.02 Å². The molecule has 3 N–H and O–H groups in total. The number of fused-ring (bicyclic) bond motifs is 1. The molecule has 0 aliphatic carbocycles. The number of hydrogen-bond acceptors (Lipinski definition) is 6. The number of halogens is 1. The van der Waals surface area contributed by atoms with Crippen molar-refractivity contribution >= 4 is 34.4 Å². The van der Waals surface area contributed by atoms with Crippen LogP contribution in [0.1, 0.15) is 18.0 Å². The van der Waals surface area contributed by atoms with Crippen molar-refractivity contribution in [1.29, 1.82) is 10.9 Å². The summed E-state index contributed by atoms with van der Waals surface area (Å²) in [6, 6.07) is 2.13. The minimum atomic E-state index is -1.37. The standard InChI is InChI=1S/C12H11ClN4O4/c1-17-9-3-5(2-6(13)10(9)21-12(17)20)8(16-15)4-7(14)11(18)19/h2-3,8,14-15H,4H2,1H3,(H,18,19). The topological polar surface area (TPSA) is 132 Å². The first-order valence-corrected chi connectivity index (χ1v) is 6.19. The zero-order chi connectivity index (χ0) is 15.7. The van der Waals surface area contributed by atoms with Crippen LogP contribution in [0.15, 0.2) is 26.5 Å². The van der Waals surface area contributed by atoms with Gasteiger partial charge in [-0.1, -0.05) is 11.6 Å².